The zero-order valence-corrected chi connectivity index (χ0v) is 19.3. The van der Waals surface area contributed by atoms with Crippen molar-refractivity contribution in [3.05, 3.63) is 0 Å². The number of carbonyl (C=O) groups excluding carboxylic acids is 4. The highest BCUT2D eigenvalue weighted by molar-refractivity contribution is 7.98. The van der Waals surface area contributed by atoms with E-state index in [9.17, 15) is 29.1 Å². The fraction of sp³-hybridized carbons (Fsp3) is 0.737. The maximum absolute atomic E-state index is 12.7. The molecule has 0 fully saturated rings. The van der Waals surface area contributed by atoms with Crippen molar-refractivity contribution in [2.75, 3.05) is 12.0 Å². The maximum atomic E-state index is 12.7. The Bertz CT molecular complexity index is 647. The fourth-order valence-electron chi connectivity index (χ4n) is 2.55. The van der Waals surface area contributed by atoms with Crippen LogP contribution in [0.25, 0.3) is 0 Å². The van der Waals surface area contributed by atoms with Gasteiger partial charge in [-0.15, -0.1) is 0 Å². The van der Waals surface area contributed by atoms with Crippen LogP contribution in [0.5, 0.6) is 0 Å². The van der Waals surface area contributed by atoms with Crippen LogP contribution < -0.4 is 27.4 Å². The molecule has 8 N–H and O–H groups in total. The van der Waals surface area contributed by atoms with E-state index >= 15 is 0 Å². The molecule has 5 unspecified atom stereocenters. The minimum Gasteiger partial charge on any atom is -0.480 e. The quantitative estimate of drug-likeness (QED) is 0.177. The third kappa shape index (κ3) is 11.0. The van der Waals surface area contributed by atoms with Gasteiger partial charge in [0.1, 0.15) is 18.1 Å². The molecule has 0 bridgehead atoms. The highest BCUT2D eigenvalue weighted by atomic mass is 32.2. The number of thioether (sulfide) groups is 1. The molecular weight excluding hydrogens is 426 g/mol. The molecular formula is C19H35N5O6S. The number of aliphatic carboxylic acids is 1. The van der Waals surface area contributed by atoms with Crippen LogP contribution in [0, 0.1) is 5.92 Å². The van der Waals surface area contributed by atoms with Gasteiger partial charge < -0.3 is 32.5 Å². The Balaban J connectivity index is 5.06. The Morgan fingerprint density at radius 3 is 2.06 bits per heavy atom. The molecule has 178 valence electrons. The standard InChI is InChI=1S/C19H35N5O6S/c1-5-10(2)15(24-17(27)12(20)8-9-31-4)18(28)22-11(3)16(26)23-13(19(29)30)6-7-14(21)25/h10-13,15H,5-9,20H2,1-4H3,(H2,21,25)(H,22,28)(H,23,26)(H,24,27)(H,29,30). The normalized spacial score (nSPS) is 15.6. The average Bonchev–Trinajstić information content (AvgIpc) is 2.71. The summed E-state index contributed by atoms with van der Waals surface area (Å²) in [6.07, 6.45) is 2.57. The number of primary amides is 1. The van der Waals surface area contributed by atoms with Gasteiger partial charge in [0, 0.05) is 6.42 Å². The number of carbonyl (C=O) groups is 5. The summed E-state index contributed by atoms with van der Waals surface area (Å²) in [6.45, 7) is 5.03. The lowest BCUT2D eigenvalue weighted by Crippen LogP contribution is -2.58. The van der Waals surface area contributed by atoms with Crippen LogP contribution in [0.3, 0.4) is 0 Å². The predicted molar refractivity (Wildman–Crippen MR) is 118 cm³/mol. The molecule has 0 saturated carbocycles. The topological polar surface area (TPSA) is 194 Å². The Morgan fingerprint density at radius 2 is 1.58 bits per heavy atom. The Morgan fingerprint density at radius 1 is 0.968 bits per heavy atom. The second-order valence-electron chi connectivity index (χ2n) is 7.39. The lowest BCUT2D eigenvalue weighted by atomic mass is 9.97. The summed E-state index contributed by atoms with van der Waals surface area (Å²) in [7, 11) is 0. The van der Waals surface area contributed by atoms with Gasteiger partial charge in [-0.1, -0.05) is 20.3 Å². The number of nitrogens with two attached hydrogens (primary N) is 2. The van der Waals surface area contributed by atoms with Gasteiger partial charge in [0.2, 0.25) is 23.6 Å². The van der Waals surface area contributed by atoms with Gasteiger partial charge in [0.05, 0.1) is 6.04 Å². The molecule has 0 spiro atoms. The van der Waals surface area contributed by atoms with Crippen molar-refractivity contribution >= 4 is 41.4 Å². The fourth-order valence-corrected chi connectivity index (χ4v) is 3.04. The number of hydrogen-bond acceptors (Lipinski definition) is 7. The maximum Gasteiger partial charge on any atom is 0.326 e. The van der Waals surface area contributed by atoms with E-state index in [1.54, 1.807) is 18.7 Å². The van der Waals surface area contributed by atoms with Crippen molar-refractivity contribution in [3.63, 3.8) is 0 Å². The van der Waals surface area contributed by atoms with Gasteiger partial charge in [-0.25, -0.2) is 4.79 Å². The van der Waals surface area contributed by atoms with Crippen LogP contribution in [0.1, 0.15) is 46.5 Å². The molecule has 11 nitrogen and oxygen atoms in total. The van der Waals surface area contributed by atoms with E-state index < -0.39 is 53.8 Å². The van der Waals surface area contributed by atoms with Crippen LogP contribution >= 0.6 is 11.8 Å². The van der Waals surface area contributed by atoms with E-state index in [2.05, 4.69) is 16.0 Å². The lowest BCUT2D eigenvalue weighted by molar-refractivity contribution is -0.142. The van der Waals surface area contributed by atoms with Crippen molar-refractivity contribution in [2.45, 2.75) is 70.6 Å². The lowest BCUT2D eigenvalue weighted by Gasteiger charge is -2.26. The van der Waals surface area contributed by atoms with Crippen LogP contribution in [0.4, 0.5) is 0 Å². The van der Waals surface area contributed by atoms with E-state index in [0.717, 1.165) is 0 Å². The smallest absolute Gasteiger partial charge is 0.326 e. The number of nitrogens with one attached hydrogen (secondary N) is 3. The van der Waals surface area contributed by atoms with Crippen molar-refractivity contribution in [3.8, 4) is 0 Å². The van der Waals surface area contributed by atoms with Crippen LogP contribution in [0.2, 0.25) is 0 Å². The summed E-state index contributed by atoms with van der Waals surface area (Å²) >= 11 is 1.56. The Labute approximate surface area is 186 Å². The van der Waals surface area contributed by atoms with Crippen molar-refractivity contribution in [2.24, 2.45) is 17.4 Å². The molecule has 0 aromatic carbocycles. The van der Waals surface area contributed by atoms with Crippen molar-refractivity contribution in [1.82, 2.24) is 16.0 Å². The molecule has 5 atom stereocenters. The molecule has 0 aliphatic carbocycles. The number of carboxylic acids is 1. The summed E-state index contributed by atoms with van der Waals surface area (Å²) in [5.74, 6) is -3.31. The number of hydrogen-bond donors (Lipinski definition) is 6. The summed E-state index contributed by atoms with van der Waals surface area (Å²) in [5, 5.41) is 16.6. The zero-order valence-electron chi connectivity index (χ0n) is 18.5. The largest absolute Gasteiger partial charge is 0.480 e. The second-order valence-corrected chi connectivity index (χ2v) is 8.38. The first-order chi connectivity index (χ1) is 14.4. The Kier molecular flexibility index (Phi) is 13.5. The average molecular weight is 462 g/mol. The van der Waals surface area contributed by atoms with Gasteiger partial charge in [-0.05, 0) is 37.7 Å². The monoisotopic (exact) mass is 461 g/mol. The molecule has 0 aliphatic rings. The summed E-state index contributed by atoms with van der Waals surface area (Å²) in [5.41, 5.74) is 10.9. The van der Waals surface area contributed by atoms with Crippen molar-refractivity contribution in [1.29, 1.82) is 0 Å². The first-order valence-corrected chi connectivity index (χ1v) is 11.5. The number of amides is 4. The molecule has 0 saturated heterocycles. The van der Waals surface area contributed by atoms with Gasteiger partial charge in [-0.2, -0.15) is 11.8 Å². The van der Waals surface area contributed by atoms with E-state index in [1.807, 2.05) is 13.2 Å². The van der Waals surface area contributed by atoms with E-state index in [1.165, 1.54) is 6.92 Å². The highest BCUT2D eigenvalue weighted by Gasteiger charge is 2.30. The van der Waals surface area contributed by atoms with Gasteiger partial charge >= 0.3 is 5.97 Å². The molecule has 0 aromatic rings. The molecule has 0 aromatic heterocycles. The molecule has 4 amide bonds. The van der Waals surface area contributed by atoms with Crippen LogP contribution in [-0.4, -0.2) is 70.9 Å². The molecule has 0 radical (unpaired) electrons. The SMILES string of the molecule is CCC(C)C(NC(=O)C(N)CCSC)C(=O)NC(C)C(=O)NC(CCC(N)=O)C(=O)O. The molecule has 0 rings (SSSR count). The molecule has 0 aliphatic heterocycles. The predicted octanol–water partition coefficient (Wildman–Crippen LogP) is -1.06. The van der Waals surface area contributed by atoms with Gasteiger partial charge in [0.15, 0.2) is 0 Å². The third-order valence-electron chi connectivity index (χ3n) is 4.81. The molecule has 31 heavy (non-hydrogen) atoms. The van der Waals surface area contributed by atoms with E-state index in [-0.39, 0.29) is 18.8 Å². The minimum absolute atomic E-state index is 0.170. The summed E-state index contributed by atoms with van der Waals surface area (Å²) in [4.78, 5) is 59.6. The van der Waals surface area contributed by atoms with Crippen molar-refractivity contribution < 1.29 is 29.1 Å². The minimum atomic E-state index is -1.32. The van der Waals surface area contributed by atoms with E-state index in [0.29, 0.717) is 18.6 Å². The zero-order chi connectivity index (χ0) is 24.1. The molecule has 12 heteroatoms. The number of carboxylic acid groups (broad SMARTS) is 1. The first kappa shape index (κ1) is 28.7. The second kappa shape index (κ2) is 14.6. The van der Waals surface area contributed by atoms with Crippen LogP contribution in [0.15, 0.2) is 0 Å². The van der Waals surface area contributed by atoms with Gasteiger partial charge in [-0.3, -0.25) is 19.2 Å². The summed E-state index contributed by atoms with van der Waals surface area (Å²) in [6, 6.07) is -4.05. The van der Waals surface area contributed by atoms with Crippen LogP contribution in [-0.2, 0) is 24.0 Å². The Hall–Kier alpha value is -2.34. The van der Waals surface area contributed by atoms with Gasteiger partial charge in [0.25, 0.3) is 0 Å². The number of rotatable bonds is 15. The molecule has 0 heterocycles. The van der Waals surface area contributed by atoms with E-state index in [4.69, 9.17) is 11.5 Å². The summed E-state index contributed by atoms with van der Waals surface area (Å²) < 4.78 is 0. The first-order valence-electron chi connectivity index (χ1n) is 10.1. The highest BCUT2D eigenvalue weighted by Crippen LogP contribution is 2.10. The third-order valence-corrected chi connectivity index (χ3v) is 5.45.